The molecule has 92 valence electrons. The first-order chi connectivity index (χ1) is 9.36. The van der Waals surface area contributed by atoms with Crippen molar-refractivity contribution in [1.82, 2.24) is 4.98 Å². The first kappa shape index (κ1) is 11.7. The summed E-state index contributed by atoms with van der Waals surface area (Å²) in [6.07, 6.45) is 3.66. The van der Waals surface area contributed by atoms with Crippen molar-refractivity contribution < 1.29 is 0 Å². The highest BCUT2D eigenvalue weighted by Gasteiger charge is 2.02. The summed E-state index contributed by atoms with van der Waals surface area (Å²) in [5.41, 5.74) is 1.79. The number of thiophene rings is 1. The van der Waals surface area contributed by atoms with E-state index in [4.69, 9.17) is 5.26 Å². The number of benzene rings is 1. The van der Waals surface area contributed by atoms with Gasteiger partial charge in [-0.3, -0.25) is 4.98 Å². The smallest absolute Gasteiger partial charge is 0.100 e. The van der Waals surface area contributed by atoms with Gasteiger partial charge in [-0.05, 0) is 23.6 Å². The number of hydrogen-bond donors (Lipinski definition) is 1. The molecule has 0 saturated carbocycles. The van der Waals surface area contributed by atoms with E-state index in [1.54, 1.807) is 17.5 Å². The number of aromatic nitrogens is 1. The maximum absolute atomic E-state index is 8.81. The molecule has 0 bridgehead atoms. The lowest BCUT2D eigenvalue weighted by molar-refractivity contribution is 1.20. The number of fused-ring (bicyclic) bond motifs is 1. The lowest BCUT2D eigenvalue weighted by Gasteiger charge is -2.08. The maximum Gasteiger partial charge on any atom is 0.100 e. The molecular formula is C15H11N3S. The van der Waals surface area contributed by atoms with E-state index in [0.29, 0.717) is 0 Å². The molecular weight excluding hydrogens is 254 g/mol. The molecule has 0 unspecified atom stereocenters. The van der Waals surface area contributed by atoms with E-state index >= 15 is 0 Å². The first-order valence-electron chi connectivity index (χ1n) is 5.91. The number of anilines is 1. The molecule has 2 aromatic heterocycles. The second-order valence-electron chi connectivity index (χ2n) is 4.17. The Hall–Kier alpha value is -2.38. The molecule has 4 heteroatoms. The van der Waals surface area contributed by atoms with Gasteiger partial charge in [0, 0.05) is 40.3 Å². The van der Waals surface area contributed by atoms with Gasteiger partial charge in [-0.1, -0.05) is 12.1 Å². The minimum atomic E-state index is 0.723. The summed E-state index contributed by atoms with van der Waals surface area (Å²) in [6.45, 7) is 0.723. The second kappa shape index (κ2) is 5.09. The minimum Gasteiger partial charge on any atom is -0.380 e. The van der Waals surface area contributed by atoms with Crippen LogP contribution < -0.4 is 5.32 Å². The summed E-state index contributed by atoms with van der Waals surface area (Å²) in [4.78, 5) is 5.32. The molecule has 3 aromatic rings. The average Bonchev–Trinajstić information content (AvgIpc) is 2.93. The van der Waals surface area contributed by atoms with E-state index < -0.39 is 0 Å². The zero-order valence-electron chi connectivity index (χ0n) is 10.1. The molecule has 0 spiro atoms. The highest BCUT2D eigenvalue weighted by atomic mass is 32.1. The third kappa shape index (κ3) is 2.42. The van der Waals surface area contributed by atoms with Crippen LogP contribution in [0.3, 0.4) is 0 Å². The molecule has 0 saturated heterocycles. The zero-order valence-corrected chi connectivity index (χ0v) is 10.9. The summed E-state index contributed by atoms with van der Waals surface area (Å²) in [5.74, 6) is 0. The van der Waals surface area contributed by atoms with Crippen molar-refractivity contribution >= 4 is 27.8 Å². The molecule has 0 aliphatic carbocycles. The van der Waals surface area contributed by atoms with Gasteiger partial charge < -0.3 is 5.32 Å². The quantitative estimate of drug-likeness (QED) is 0.784. The van der Waals surface area contributed by atoms with Crippen LogP contribution in [0.1, 0.15) is 10.4 Å². The molecule has 1 aromatic carbocycles. The van der Waals surface area contributed by atoms with E-state index in [1.807, 2.05) is 35.8 Å². The van der Waals surface area contributed by atoms with Crippen molar-refractivity contribution in [3.05, 3.63) is 58.5 Å². The molecule has 0 radical (unpaired) electrons. The van der Waals surface area contributed by atoms with Crippen LogP contribution in [0, 0.1) is 11.3 Å². The third-order valence-corrected chi connectivity index (χ3v) is 3.86. The fourth-order valence-electron chi connectivity index (χ4n) is 1.98. The molecule has 0 aliphatic heterocycles. The molecule has 0 fully saturated rings. The van der Waals surface area contributed by atoms with Gasteiger partial charge in [-0.15, -0.1) is 11.3 Å². The monoisotopic (exact) mass is 265 g/mol. The molecule has 0 aliphatic rings. The van der Waals surface area contributed by atoms with Crippen LogP contribution in [0.25, 0.3) is 10.8 Å². The zero-order chi connectivity index (χ0) is 13.1. The van der Waals surface area contributed by atoms with Crippen molar-refractivity contribution in [2.75, 3.05) is 5.32 Å². The molecule has 0 atom stereocenters. The first-order valence-corrected chi connectivity index (χ1v) is 6.79. The lowest BCUT2D eigenvalue weighted by atomic mass is 10.1. The fraction of sp³-hybridized carbons (Fsp3) is 0.0667. The molecule has 19 heavy (non-hydrogen) atoms. The minimum absolute atomic E-state index is 0.723. The Balaban J connectivity index is 1.84. The van der Waals surface area contributed by atoms with Gasteiger partial charge in [0.2, 0.25) is 0 Å². The summed E-state index contributed by atoms with van der Waals surface area (Å²) in [6, 6.07) is 12.2. The number of pyridine rings is 1. The van der Waals surface area contributed by atoms with Crippen LogP contribution in [0.15, 0.2) is 48.1 Å². The van der Waals surface area contributed by atoms with Gasteiger partial charge in [0.05, 0.1) is 5.56 Å². The largest absolute Gasteiger partial charge is 0.380 e. The summed E-state index contributed by atoms with van der Waals surface area (Å²) >= 11 is 1.60. The fourth-order valence-corrected chi connectivity index (χ4v) is 2.73. The number of nitrogens with zero attached hydrogens (tertiary/aromatic N) is 2. The Morgan fingerprint density at radius 3 is 3.11 bits per heavy atom. The predicted molar refractivity (Wildman–Crippen MR) is 78.1 cm³/mol. The van der Waals surface area contributed by atoms with E-state index in [-0.39, 0.29) is 0 Å². The number of hydrogen-bond acceptors (Lipinski definition) is 4. The van der Waals surface area contributed by atoms with Gasteiger partial charge in [0.1, 0.15) is 6.07 Å². The lowest BCUT2D eigenvalue weighted by Crippen LogP contribution is -1.98. The third-order valence-electron chi connectivity index (χ3n) is 2.92. The SMILES string of the molecule is N#Cc1csc(CNc2cccc3ccncc23)c1. The van der Waals surface area contributed by atoms with Crippen LogP contribution >= 0.6 is 11.3 Å². The summed E-state index contributed by atoms with van der Waals surface area (Å²) in [5, 5.41) is 16.4. The molecule has 0 amide bonds. The van der Waals surface area contributed by atoms with Crippen molar-refractivity contribution in [3.63, 3.8) is 0 Å². The van der Waals surface area contributed by atoms with Crippen molar-refractivity contribution in [2.24, 2.45) is 0 Å². The van der Waals surface area contributed by atoms with Crippen LogP contribution in [0.5, 0.6) is 0 Å². The van der Waals surface area contributed by atoms with Crippen LogP contribution in [0.4, 0.5) is 5.69 Å². The molecule has 2 heterocycles. The van der Waals surface area contributed by atoms with Gasteiger partial charge in [0.25, 0.3) is 0 Å². The number of rotatable bonds is 3. The van der Waals surface area contributed by atoms with Crippen LogP contribution in [-0.2, 0) is 6.54 Å². The van der Waals surface area contributed by atoms with Gasteiger partial charge in [-0.2, -0.15) is 5.26 Å². The van der Waals surface area contributed by atoms with Crippen molar-refractivity contribution in [3.8, 4) is 6.07 Å². The van der Waals surface area contributed by atoms with Crippen LogP contribution in [0.2, 0.25) is 0 Å². The summed E-state index contributed by atoms with van der Waals surface area (Å²) < 4.78 is 0. The van der Waals surface area contributed by atoms with E-state index in [0.717, 1.165) is 28.1 Å². The van der Waals surface area contributed by atoms with Crippen molar-refractivity contribution in [1.29, 1.82) is 5.26 Å². The predicted octanol–water partition coefficient (Wildman–Crippen LogP) is 3.78. The Kier molecular flexibility index (Phi) is 3.13. The van der Waals surface area contributed by atoms with E-state index in [1.165, 1.54) is 5.39 Å². The number of nitrogens with one attached hydrogen (secondary N) is 1. The van der Waals surface area contributed by atoms with Gasteiger partial charge in [-0.25, -0.2) is 0 Å². The highest BCUT2D eigenvalue weighted by Crippen LogP contribution is 2.23. The Morgan fingerprint density at radius 1 is 1.32 bits per heavy atom. The maximum atomic E-state index is 8.81. The van der Waals surface area contributed by atoms with E-state index in [2.05, 4.69) is 22.4 Å². The average molecular weight is 265 g/mol. The summed E-state index contributed by atoms with van der Waals surface area (Å²) in [7, 11) is 0. The second-order valence-corrected chi connectivity index (χ2v) is 5.17. The highest BCUT2D eigenvalue weighted by molar-refractivity contribution is 7.10. The molecule has 1 N–H and O–H groups in total. The standard InChI is InChI=1S/C15H11N3S/c16-7-11-6-13(19-10-11)8-18-15-3-1-2-12-4-5-17-9-14(12)15/h1-6,9-10,18H,8H2. The molecule has 3 rings (SSSR count). The Labute approximate surface area is 115 Å². The van der Waals surface area contributed by atoms with Crippen molar-refractivity contribution in [2.45, 2.75) is 6.54 Å². The Bertz CT molecular complexity index is 750. The molecule has 3 nitrogen and oxygen atoms in total. The number of nitriles is 1. The van der Waals surface area contributed by atoms with Gasteiger partial charge >= 0.3 is 0 Å². The van der Waals surface area contributed by atoms with Crippen LogP contribution in [-0.4, -0.2) is 4.98 Å². The van der Waals surface area contributed by atoms with E-state index in [9.17, 15) is 0 Å². The van der Waals surface area contributed by atoms with Gasteiger partial charge in [0.15, 0.2) is 0 Å². The topological polar surface area (TPSA) is 48.7 Å². The normalized spacial score (nSPS) is 10.3. The Morgan fingerprint density at radius 2 is 2.26 bits per heavy atom.